The second-order valence-electron chi connectivity index (χ2n) is 7.98. The fourth-order valence-corrected chi connectivity index (χ4v) is 4.32. The molecule has 1 aromatic carbocycles. The topological polar surface area (TPSA) is 77.2 Å². The van der Waals surface area contributed by atoms with Crippen LogP contribution in [-0.2, 0) is 6.54 Å². The fraction of sp³-hybridized carbons (Fsp3) is 0.571. The van der Waals surface area contributed by atoms with E-state index in [1.54, 1.807) is 0 Å². The minimum atomic E-state index is -0.0121. The van der Waals surface area contributed by atoms with Crippen LogP contribution in [0, 0.1) is 6.92 Å². The molecule has 0 spiro atoms. The molecule has 2 heterocycles. The molecule has 4 rings (SSSR count). The van der Waals surface area contributed by atoms with E-state index in [0.717, 1.165) is 50.5 Å². The van der Waals surface area contributed by atoms with Gasteiger partial charge in [0.15, 0.2) is 5.82 Å². The zero-order valence-corrected chi connectivity index (χ0v) is 16.6. The number of benzene rings is 1. The molecule has 1 unspecified atom stereocenters. The molecule has 1 aliphatic carbocycles. The maximum atomic E-state index is 12.9. The molecule has 28 heavy (non-hydrogen) atoms. The van der Waals surface area contributed by atoms with Crippen LogP contribution in [0.2, 0.25) is 0 Å². The number of H-pyrrole nitrogens is 1. The summed E-state index contributed by atoms with van der Waals surface area (Å²) in [5, 5.41) is 10.6. The van der Waals surface area contributed by atoms with Gasteiger partial charge in [0.1, 0.15) is 5.82 Å². The molecule has 1 saturated heterocycles. The maximum absolute atomic E-state index is 12.9. The average Bonchev–Trinajstić information content (AvgIpc) is 3.31. The Morgan fingerprint density at radius 1 is 1.18 bits per heavy atom. The van der Waals surface area contributed by atoms with Crippen LogP contribution in [0.15, 0.2) is 30.3 Å². The number of urea groups is 1. The monoisotopic (exact) mass is 382 g/mol. The summed E-state index contributed by atoms with van der Waals surface area (Å²) in [5.41, 5.74) is 1.27. The van der Waals surface area contributed by atoms with Crippen molar-refractivity contribution in [1.29, 1.82) is 0 Å². The lowest BCUT2D eigenvalue weighted by Gasteiger charge is -2.30. The second kappa shape index (κ2) is 8.73. The van der Waals surface area contributed by atoms with Crippen LogP contribution in [0.5, 0.6) is 0 Å². The number of carbonyl (C=O) groups excluding carboxylic acids is 1. The van der Waals surface area contributed by atoms with Gasteiger partial charge < -0.3 is 10.2 Å². The Balaban J connectivity index is 1.51. The molecule has 2 fully saturated rings. The molecule has 7 heteroatoms. The summed E-state index contributed by atoms with van der Waals surface area (Å²) >= 11 is 0. The molecule has 2 amide bonds. The normalized spacial score (nSPS) is 21.6. The summed E-state index contributed by atoms with van der Waals surface area (Å²) in [6, 6.07) is 10.9. The molecule has 1 atom stereocenters. The SMILES string of the molecule is Cc1nc(C2CN(C(=O)NC3CCCC3)CCCN2Cc2ccccc2)n[nH]1. The highest BCUT2D eigenvalue weighted by Crippen LogP contribution is 2.25. The van der Waals surface area contributed by atoms with E-state index < -0.39 is 0 Å². The highest BCUT2D eigenvalue weighted by molar-refractivity contribution is 5.74. The van der Waals surface area contributed by atoms with Gasteiger partial charge in [-0.2, -0.15) is 5.10 Å². The standard InChI is InChI=1S/C21H30N6O/c1-16-22-20(25-24-16)19-15-27(21(28)23-18-10-5-6-11-18)13-7-12-26(19)14-17-8-3-2-4-9-17/h2-4,8-9,18-19H,5-7,10-15H2,1H3,(H,23,28)(H,22,24,25). The van der Waals surface area contributed by atoms with Crippen molar-refractivity contribution < 1.29 is 4.79 Å². The van der Waals surface area contributed by atoms with Gasteiger partial charge in [0.2, 0.25) is 0 Å². The van der Waals surface area contributed by atoms with E-state index in [1.165, 1.54) is 18.4 Å². The smallest absolute Gasteiger partial charge is 0.317 e. The Hall–Kier alpha value is -2.41. The first-order valence-corrected chi connectivity index (χ1v) is 10.4. The van der Waals surface area contributed by atoms with Crippen molar-refractivity contribution in [2.75, 3.05) is 19.6 Å². The lowest BCUT2D eigenvalue weighted by atomic mass is 10.1. The molecule has 2 aliphatic rings. The van der Waals surface area contributed by atoms with Crippen LogP contribution in [0.25, 0.3) is 0 Å². The van der Waals surface area contributed by atoms with Crippen LogP contribution in [0.1, 0.15) is 55.4 Å². The second-order valence-corrected chi connectivity index (χ2v) is 7.98. The molecule has 2 N–H and O–H groups in total. The first-order valence-electron chi connectivity index (χ1n) is 10.4. The van der Waals surface area contributed by atoms with Crippen molar-refractivity contribution in [1.82, 2.24) is 30.3 Å². The largest absolute Gasteiger partial charge is 0.335 e. The summed E-state index contributed by atoms with van der Waals surface area (Å²) in [6.45, 7) is 5.04. The summed E-state index contributed by atoms with van der Waals surface area (Å²) in [6.07, 6.45) is 5.58. The Labute approximate surface area is 166 Å². The predicted molar refractivity (Wildman–Crippen MR) is 108 cm³/mol. The molecule has 7 nitrogen and oxygen atoms in total. The molecule has 0 bridgehead atoms. The first kappa shape index (κ1) is 18.9. The van der Waals surface area contributed by atoms with E-state index >= 15 is 0 Å². The molecular formula is C21H30N6O. The number of nitrogens with zero attached hydrogens (tertiary/aromatic N) is 4. The highest BCUT2D eigenvalue weighted by Gasteiger charge is 2.32. The molecular weight excluding hydrogens is 352 g/mol. The van der Waals surface area contributed by atoms with E-state index in [9.17, 15) is 4.79 Å². The highest BCUT2D eigenvalue weighted by atomic mass is 16.2. The van der Waals surface area contributed by atoms with Gasteiger partial charge in [-0.3, -0.25) is 10.00 Å². The molecule has 1 aliphatic heterocycles. The third-order valence-electron chi connectivity index (χ3n) is 5.82. The first-order chi connectivity index (χ1) is 13.7. The predicted octanol–water partition coefficient (Wildman–Crippen LogP) is 3.01. The number of aromatic nitrogens is 3. The van der Waals surface area contributed by atoms with Crippen molar-refractivity contribution in [3.8, 4) is 0 Å². The number of carbonyl (C=O) groups is 1. The lowest BCUT2D eigenvalue weighted by Crippen LogP contribution is -2.46. The van der Waals surface area contributed by atoms with Crippen LogP contribution >= 0.6 is 0 Å². The van der Waals surface area contributed by atoms with E-state index in [2.05, 4.69) is 49.7 Å². The number of aromatic amines is 1. The fourth-order valence-electron chi connectivity index (χ4n) is 4.32. The van der Waals surface area contributed by atoms with E-state index in [-0.39, 0.29) is 12.1 Å². The Morgan fingerprint density at radius 3 is 2.68 bits per heavy atom. The van der Waals surface area contributed by atoms with E-state index in [4.69, 9.17) is 0 Å². The summed E-state index contributed by atoms with van der Waals surface area (Å²) in [5.74, 6) is 1.58. The summed E-state index contributed by atoms with van der Waals surface area (Å²) < 4.78 is 0. The van der Waals surface area contributed by atoms with Crippen LogP contribution in [0.4, 0.5) is 4.79 Å². The number of aryl methyl sites for hydroxylation is 1. The minimum absolute atomic E-state index is 0.0121. The lowest BCUT2D eigenvalue weighted by molar-refractivity contribution is 0.161. The zero-order chi connectivity index (χ0) is 19.3. The molecule has 1 aromatic heterocycles. The van der Waals surface area contributed by atoms with Crippen molar-refractivity contribution in [2.45, 2.75) is 57.7 Å². The van der Waals surface area contributed by atoms with E-state index in [0.29, 0.717) is 12.6 Å². The van der Waals surface area contributed by atoms with Crippen LogP contribution in [0.3, 0.4) is 0 Å². The summed E-state index contributed by atoms with van der Waals surface area (Å²) in [4.78, 5) is 21.9. The van der Waals surface area contributed by atoms with Gasteiger partial charge in [0, 0.05) is 32.2 Å². The number of rotatable bonds is 4. The average molecular weight is 383 g/mol. The zero-order valence-electron chi connectivity index (χ0n) is 16.6. The molecule has 150 valence electrons. The van der Waals surface area contributed by atoms with Crippen molar-refractivity contribution in [2.24, 2.45) is 0 Å². The van der Waals surface area contributed by atoms with Gasteiger partial charge in [-0.25, -0.2) is 9.78 Å². The summed E-state index contributed by atoms with van der Waals surface area (Å²) in [7, 11) is 0. The Bertz CT molecular complexity index is 770. The van der Waals surface area contributed by atoms with Crippen LogP contribution < -0.4 is 5.32 Å². The van der Waals surface area contributed by atoms with Crippen molar-refractivity contribution >= 4 is 6.03 Å². The number of amides is 2. The third-order valence-corrected chi connectivity index (χ3v) is 5.82. The number of nitrogens with one attached hydrogen (secondary N) is 2. The van der Waals surface area contributed by atoms with Gasteiger partial charge in [0.05, 0.1) is 6.04 Å². The molecule has 1 saturated carbocycles. The Kier molecular flexibility index (Phi) is 5.90. The number of hydrogen-bond donors (Lipinski definition) is 2. The third kappa shape index (κ3) is 4.52. The molecule has 0 radical (unpaired) electrons. The van der Waals surface area contributed by atoms with Gasteiger partial charge in [-0.1, -0.05) is 43.2 Å². The quantitative estimate of drug-likeness (QED) is 0.852. The Morgan fingerprint density at radius 2 is 1.96 bits per heavy atom. The van der Waals surface area contributed by atoms with Crippen LogP contribution in [-0.4, -0.2) is 56.7 Å². The minimum Gasteiger partial charge on any atom is -0.335 e. The number of hydrogen-bond acceptors (Lipinski definition) is 4. The van der Waals surface area contributed by atoms with Gasteiger partial charge >= 0.3 is 6.03 Å². The molecule has 2 aromatic rings. The van der Waals surface area contributed by atoms with Crippen molar-refractivity contribution in [3.63, 3.8) is 0 Å². The van der Waals surface area contributed by atoms with Crippen molar-refractivity contribution in [3.05, 3.63) is 47.5 Å². The maximum Gasteiger partial charge on any atom is 0.317 e. The van der Waals surface area contributed by atoms with Gasteiger partial charge in [0.25, 0.3) is 0 Å². The van der Waals surface area contributed by atoms with Gasteiger partial charge in [-0.05, 0) is 31.7 Å². The van der Waals surface area contributed by atoms with E-state index in [1.807, 2.05) is 17.9 Å². The van der Waals surface area contributed by atoms with Gasteiger partial charge in [-0.15, -0.1) is 0 Å².